The quantitative estimate of drug-likeness (QED) is 0.803. The summed E-state index contributed by atoms with van der Waals surface area (Å²) in [6, 6.07) is 2.83. The average molecular weight is 217 g/mol. The fourth-order valence-corrected chi connectivity index (χ4v) is 0.992. The Morgan fingerprint density at radius 2 is 2.21 bits per heavy atom. The third-order valence-corrected chi connectivity index (χ3v) is 2.15. The van der Waals surface area contributed by atoms with Crippen molar-refractivity contribution in [2.24, 2.45) is 5.73 Å². The van der Waals surface area contributed by atoms with Gasteiger partial charge in [0.15, 0.2) is 11.0 Å². The number of hydrogen-bond acceptors (Lipinski definition) is 3. The molecular weight excluding hydrogens is 204 g/mol. The molecule has 0 saturated carbocycles. The number of nitrogens with one attached hydrogen (secondary N) is 1. The fraction of sp³-hybridized carbons (Fsp3) is 0.444. The highest BCUT2D eigenvalue weighted by Crippen LogP contribution is 2.12. The predicted octanol–water partition coefficient (Wildman–Crippen LogP) is 1.40. The Bertz CT molecular complexity index is 322. The third kappa shape index (κ3) is 2.75. The average Bonchev–Trinajstić information content (AvgIpc) is 2.51. The zero-order chi connectivity index (χ0) is 10.7. The Kier molecular flexibility index (Phi) is 3.55. The van der Waals surface area contributed by atoms with Gasteiger partial charge in [-0.15, -0.1) is 0 Å². The van der Waals surface area contributed by atoms with Crippen LogP contribution in [0.25, 0.3) is 0 Å². The van der Waals surface area contributed by atoms with Gasteiger partial charge in [0.2, 0.25) is 0 Å². The minimum Gasteiger partial charge on any atom is -0.440 e. The zero-order valence-corrected chi connectivity index (χ0v) is 8.84. The van der Waals surface area contributed by atoms with E-state index in [1.165, 1.54) is 12.1 Å². The number of rotatable bonds is 3. The van der Waals surface area contributed by atoms with Gasteiger partial charge in [-0.05, 0) is 37.6 Å². The van der Waals surface area contributed by atoms with Crippen molar-refractivity contribution in [1.29, 1.82) is 0 Å². The van der Waals surface area contributed by atoms with Gasteiger partial charge >= 0.3 is 0 Å². The first-order chi connectivity index (χ1) is 6.50. The molecule has 0 spiro atoms. The van der Waals surface area contributed by atoms with Crippen molar-refractivity contribution in [1.82, 2.24) is 5.32 Å². The van der Waals surface area contributed by atoms with Gasteiger partial charge in [0.25, 0.3) is 5.91 Å². The number of halogens is 1. The van der Waals surface area contributed by atoms with Crippen LogP contribution in [0.4, 0.5) is 0 Å². The Labute approximate surface area is 87.4 Å². The first-order valence-corrected chi connectivity index (χ1v) is 4.70. The molecule has 14 heavy (non-hydrogen) atoms. The van der Waals surface area contributed by atoms with Crippen LogP contribution >= 0.6 is 11.6 Å². The number of hydrogen-bond donors (Lipinski definition) is 2. The van der Waals surface area contributed by atoms with Gasteiger partial charge in [0.05, 0.1) is 0 Å². The van der Waals surface area contributed by atoms with Crippen LogP contribution in [0.15, 0.2) is 16.5 Å². The van der Waals surface area contributed by atoms with E-state index in [1.807, 2.05) is 13.8 Å². The lowest BCUT2D eigenvalue weighted by atomic mass is 10.2. The Morgan fingerprint density at radius 3 is 2.64 bits per heavy atom. The number of carbonyl (C=O) groups excluding carboxylic acids is 1. The minimum atomic E-state index is -0.304. The summed E-state index contributed by atoms with van der Waals surface area (Å²) in [5, 5.41) is 2.89. The molecule has 1 amide bonds. The number of furan rings is 1. The van der Waals surface area contributed by atoms with Crippen LogP contribution in [-0.2, 0) is 0 Å². The lowest BCUT2D eigenvalue weighted by Gasteiger charge is -2.16. The summed E-state index contributed by atoms with van der Waals surface area (Å²) in [6.45, 7) is 3.65. The lowest BCUT2D eigenvalue weighted by molar-refractivity contribution is 0.0908. The van der Waals surface area contributed by atoms with E-state index in [9.17, 15) is 4.79 Å². The van der Waals surface area contributed by atoms with Gasteiger partial charge in [0, 0.05) is 12.1 Å². The van der Waals surface area contributed by atoms with Crippen molar-refractivity contribution in [2.45, 2.75) is 25.9 Å². The SMILES string of the molecule is CC(N)C(C)NC(=O)c1ccc(Cl)o1. The topological polar surface area (TPSA) is 68.3 Å². The molecule has 0 radical (unpaired) electrons. The van der Waals surface area contributed by atoms with Gasteiger partial charge in [-0.3, -0.25) is 4.79 Å². The molecule has 4 nitrogen and oxygen atoms in total. The van der Waals surface area contributed by atoms with Crippen LogP contribution in [0.3, 0.4) is 0 Å². The van der Waals surface area contributed by atoms with Gasteiger partial charge in [0.1, 0.15) is 0 Å². The summed E-state index contributed by atoms with van der Waals surface area (Å²) in [5.74, 6) is -0.107. The summed E-state index contributed by atoms with van der Waals surface area (Å²) in [5.41, 5.74) is 5.60. The third-order valence-electron chi connectivity index (χ3n) is 1.94. The maximum Gasteiger partial charge on any atom is 0.287 e. The van der Waals surface area contributed by atoms with Crippen molar-refractivity contribution in [3.63, 3.8) is 0 Å². The number of amides is 1. The van der Waals surface area contributed by atoms with E-state index in [2.05, 4.69) is 5.32 Å². The van der Waals surface area contributed by atoms with Crippen molar-refractivity contribution in [3.05, 3.63) is 23.1 Å². The highest BCUT2D eigenvalue weighted by atomic mass is 35.5. The number of nitrogens with two attached hydrogens (primary N) is 1. The van der Waals surface area contributed by atoms with E-state index in [1.54, 1.807) is 0 Å². The molecule has 78 valence electrons. The van der Waals surface area contributed by atoms with Crippen molar-refractivity contribution >= 4 is 17.5 Å². The van der Waals surface area contributed by atoms with Gasteiger partial charge in [-0.2, -0.15) is 0 Å². The molecule has 3 N–H and O–H groups in total. The molecule has 5 heteroatoms. The molecule has 2 atom stereocenters. The standard InChI is InChI=1S/C9H13ClN2O2/c1-5(11)6(2)12-9(13)7-3-4-8(10)14-7/h3-6H,11H2,1-2H3,(H,12,13). The van der Waals surface area contributed by atoms with E-state index in [4.69, 9.17) is 21.8 Å². The Balaban J connectivity index is 2.59. The largest absolute Gasteiger partial charge is 0.440 e. The summed E-state index contributed by atoms with van der Waals surface area (Å²) < 4.78 is 4.94. The van der Waals surface area contributed by atoms with E-state index < -0.39 is 0 Å². The minimum absolute atomic E-state index is 0.105. The molecule has 0 fully saturated rings. The van der Waals surface area contributed by atoms with Crippen LogP contribution in [0.5, 0.6) is 0 Å². The second-order valence-corrected chi connectivity index (χ2v) is 3.60. The van der Waals surface area contributed by atoms with Crippen molar-refractivity contribution in [3.8, 4) is 0 Å². The number of carbonyl (C=O) groups is 1. The molecule has 0 aliphatic rings. The molecule has 2 unspecified atom stereocenters. The lowest BCUT2D eigenvalue weighted by Crippen LogP contribution is -2.43. The molecule has 1 aromatic heterocycles. The summed E-state index contributed by atoms with van der Waals surface area (Å²) in [6.07, 6.45) is 0. The van der Waals surface area contributed by atoms with Crippen LogP contribution < -0.4 is 11.1 Å². The first kappa shape index (κ1) is 11.1. The molecule has 0 bridgehead atoms. The normalized spacial score (nSPS) is 14.9. The van der Waals surface area contributed by atoms with Gasteiger partial charge < -0.3 is 15.5 Å². The van der Waals surface area contributed by atoms with Crippen LogP contribution in [-0.4, -0.2) is 18.0 Å². The maximum atomic E-state index is 11.5. The van der Waals surface area contributed by atoms with E-state index in [0.717, 1.165) is 0 Å². The summed E-state index contributed by atoms with van der Waals surface area (Å²) >= 11 is 5.53. The molecule has 0 saturated heterocycles. The second kappa shape index (κ2) is 4.48. The van der Waals surface area contributed by atoms with E-state index in [0.29, 0.717) is 0 Å². The fourth-order valence-electron chi connectivity index (χ4n) is 0.846. The molecule has 0 aromatic carbocycles. The van der Waals surface area contributed by atoms with Crippen molar-refractivity contribution < 1.29 is 9.21 Å². The molecule has 1 aromatic rings. The first-order valence-electron chi connectivity index (χ1n) is 4.32. The molecule has 1 rings (SSSR count). The smallest absolute Gasteiger partial charge is 0.287 e. The van der Waals surface area contributed by atoms with E-state index in [-0.39, 0.29) is 29.0 Å². The molecule has 0 aliphatic carbocycles. The summed E-state index contributed by atoms with van der Waals surface area (Å²) in [4.78, 5) is 11.5. The van der Waals surface area contributed by atoms with Crippen LogP contribution in [0.2, 0.25) is 5.22 Å². The Morgan fingerprint density at radius 1 is 1.57 bits per heavy atom. The molecule has 0 aliphatic heterocycles. The molecule has 1 heterocycles. The molecular formula is C9H13ClN2O2. The Hall–Kier alpha value is -1.00. The van der Waals surface area contributed by atoms with E-state index >= 15 is 0 Å². The second-order valence-electron chi connectivity index (χ2n) is 3.23. The highest BCUT2D eigenvalue weighted by Gasteiger charge is 2.15. The monoisotopic (exact) mass is 216 g/mol. The highest BCUT2D eigenvalue weighted by molar-refractivity contribution is 6.29. The zero-order valence-electron chi connectivity index (χ0n) is 8.08. The van der Waals surface area contributed by atoms with Crippen molar-refractivity contribution in [2.75, 3.05) is 0 Å². The predicted molar refractivity (Wildman–Crippen MR) is 54.3 cm³/mol. The van der Waals surface area contributed by atoms with Crippen LogP contribution in [0, 0.1) is 0 Å². The van der Waals surface area contributed by atoms with Gasteiger partial charge in [-0.25, -0.2) is 0 Å². The van der Waals surface area contributed by atoms with Gasteiger partial charge in [-0.1, -0.05) is 0 Å². The van der Waals surface area contributed by atoms with Crippen LogP contribution in [0.1, 0.15) is 24.4 Å². The maximum absolute atomic E-state index is 11.5. The summed E-state index contributed by atoms with van der Waals surface area (Å²) in [7, 11) is 0.